The molecule has 0 radical (unpaired) electrons. The second-order valence-electron chi connectivity index (χ2n) is 13.7. The van der Waals surface area contributed by atoms with Gasteiger partial charge in [-0.1, -0.05) is 128 Å². The molecule has 3 atom stereocenters. The number of anilines is 4. The largest absolute Gasteiger partial charge is 0.337 e. The van der Waals surface area contributed by atoms with Crippen LogP contribution < -0.4 is 9.80 Å². The number of nitrogens with zero attached hydrogens (tertiary/aromatic N) is 2. The van der Waals surface area contributed by atoms with Crippen LogP contribution in [0.1, 0.15) is 54.5 Å². The van der Waals surface area contributed by atoms with Crippen LogP contribution in [0.4, 0.5) is 22.7 Å². The summed E-state index contributed by atoms with van der Waals surface area (Å²) in [6.45, 7) is 9.10. The number of hydrogen-bond donors (Lipinski definition) is 0. The van der Waals surface area contributed by atoms with Gasteiger partial charge < -0.3 is 9.80 Å². The molecule has 0 amide bonds. The van der Waals surface area contributed by atoms with Gasteiger partial charge in [-0.25, -0.2) is 0 Å². The third-order valence-electron chi connectivity index (χ3n) is 10.3. The van der Waals surface area contributed by atoms with Crippen LogP contribution >= 0.6 is 0 Å². The van der Waals surface area contributed by atoms with Crippen LogP contribution in [-0.2, 0) is 0 Å². The summed E-state index contributed by atoms with van der Waals surface area (Å²) in [5.74, 6) is 0.718. The summed E-state index contributed by atoms with van der Waals surface area (Å²) in [5, 5.41) is 2.58. The highest BCUT2D eigenvalue weighted by Gasteiger charge is 2.38. The number of aryl methyl sites for hydroxylation is 2. The lowest BCUT2D eigenvalue weighted by atomic mass is 9.73. The molecule has 0 heterocycles. The van der Waals surface area contributed by atoms with Crippen LogP contribution in [0, 0.1) is 19.8 Å². The van der Waals surface area contributed by atoms with Gasteiger partial charge in [-0.2, -0.15) is 0 Å². The monoisotopic (exact) mass is 622 g/mol. The lowest BCUT2D eigenvalue weighted by Crippen LogP contribution is -2.35. The van der Waals surface area contributed by atoms with E-state index in [1.165, 1.54) is 61.2 Å². The number of para-hydroxylation sites is 1. The summed E-state index contributed by atoms with van der Waals surface area (Å²) in [5.41, 5.74) is 14.1. The summed E-state index contributed by atoms with van der Waals surface area (Å²) in [6, 6.07) is 49.6. The minimum Gasteiger partial charge on any atom is -0.337 e. The quantitative estimate of drug-likeness (QED) is 0.182. The molecule has 236 valence electrons. The molecule has 0 spiro atoms. The Morgan fingerprint density at radius 3 is 1.90 bits per heavy atom. The first-order valence-electron chi connectivity index (χ1n) is 17.3. The molecule has 0 saturated carbocycles. The predicted octanol–water partition coefficient (Wildman–Crippen LogP) is 12.7. The van der Waals surface area contributed by atoms with Crippen molar-refractivity contribution in [2.75, 3.05) is 9.80 Å². The first kappa shape index (κ1) is 30.0. The number of fused-ring (bicyclic) bond motifs is 5. The zero-order valence-electron chi connectivity index (χ0n) is 28.3. The second-order valence-corrected chi connectivity index (χ2v) is 13.7. The lowest BCUT2D eigenvalue weighted by Gasteiger charge is -2.45. The van der Waals surface area contributed by atoms with Gasteiger partial charge in [0.15, 0.2) is 0 Å². The zero-order chi connectivity index (χ0) is 32.8. The van der Waals surface area contributed by atoms with Crippen molar-refractivity contribution in [3.63, 3.8) is 0 Å². The molecule has 3 unspecified atom stereocenters. The van der Waals surface area contributed by atoms with Gasteiger partial charge in [0.25, 0.3) is 0 Å². The first-order chi connectivity index (χ1) is 23.5. The van der Waals surface area contributed by atoms with Crippen molar-refractivity contribution in [1.82, 2.24) is 0 Å². The predicted molar refractivity (Wildman–Crippen MR) is 205 cm³/mol. The van der Waals surface area contributed by atoms with Crippen LogP contribution in [0.25, 0.3) is 21.9 Å². The van der Waals surface area contributed by atoms with Gasteiger partial charge in [-0.3, -0.25) is 0 Å². The molecule has 0 saturated heterocycles. The Labute approximate surface area is 285 Å². The highest BCUT2D eigenvalue weighted by atomic mass is 15.2. The molecule has 2 nitrogen and oxygen atoms in total. The SMILES string of the molecule is Cc1ccc(N(c2ccccc2)c2cc3c(c4ccccc24)C(C)C(N(C2=CC=CC(C)C2)c2ccc(C)cc2)c2ccccc2-3)cc1. The Morgan fingerprint density at radius 1 is 0.583 bits per heavy atom. The molecule has 0 aromatic heterocycles. The molecule has 2 aliphatic carbocycles. The number of rotatable bonds is 6. The fraction of sp³-hybridized carbons (Fsp3) is 0.174. The van der Waals surface area contributed by atoms with E-state index in [0.29, 0.717) is 5.92 Å². The van der Waals surface area contributed by atoms with Crippen LogP contribution in [0.15, 0.2) is 157 Å². The normalized spacial score (nSPS) is 18.2. The number of allylic oxidation sites excluding steroid dienone is 4. The molecule has 0 fully saturated rings. The van der Waals surface area contributed by atoms with E-state index in [1.54, 1.807) is 0 Å². The Bertz CT molecular complexity index is 2160. The van der Waals surface area contributed by atoms with Gasteiger partial charge in [-0.05, 0) is 102 Å². The number of hydrogen-bond acceptors (Lipinski definition) is 2. The van der Waals surface area contributed by atoms with Crippen LogP contribution in [-0.4, -0.2) is 0 Å². The zero-order valence-corrected chi connectivity index (χ0v) is 28.3. The van der Waals surface area contributed by atoms with E-state index in [-0.39, 0.29) is 12.0 Å². The summed E-state index contributed by atoms with van der Waals surface area (Å²) >= 11 is 0. The second kappa shape index (κ2) is 12.4. The Hall–Kier alpha value is -5.34. The Kier molecular flexibility index (Phi) is 7.73. The van der Waals surface area contributed by atoms with Gasteiger partial charge in [0.2, 0.25) is 0 Å². The first-order valence-corrected chi connectivity index (χ1v) is 17.3. The lowest BCUT2D eigenvalue weighted by molar-refractivity contribution is 0.541. The maximum absolute atomic E-state index is 2.65. The molecule has 2 aliphatic rings. The Morgan fingerprint density at radius 2 is 1.19 bits per heavy atom. The fourth-order valence-electron chi connectivity index (χ4n) is 7.98. The van der Waals surface area contributed by atoms with Crippen molar-refractivity contribution in [3.05, 3.63) is 180 Å². The van der Waals surface area contributed by atoms with Gasteiger partial charge in [0.1, 0.15) is 0 Å². The van der Waals surface area contributed by atoms with E-state index in [2.05, 4.69) is 189 Å². The molecule has 0 N–H and O–H groups in total. The van der Waals surface area contributed by atoms with E-state index in [9.17, 15) is 0 Å². The molecule has 6 aromatic carbocycles. The van der Waals surface area contributed by atoms with Gasteiger partial charge in [-0.15, -0.1) is 0 Å². The molecule has 6 aromatic rings. The maximum atomic E-state index is 2.65. The van der Waals surface area contributed by atoms with E-state index in [0.717, 1.165) is 17.8 Å². The average Bonchev–Trinajstić information content (AvgIpc) is 3.12. The van der Waals surface area contributed by atoms with Crippen molar-refractivity contribution in [3.8, 4) is 11.1 Å². The highest BCUT2D eigenvalue weighted by Crippen LogP contribution is 2.55. The van der Waals surface area contributed by atoms with Crippen LogP contribution in [0.2, 0.25) is 0 Å². The van der Waals surface area contributed by atoms with Crippen molar-refractivity contribution < 1.29 is 0 Å². The minimum atomic E-state index is 0.137. The molecular weight excluding hydrogens is 581 g/mol. The van der Waals surface area contributed by atoms with Crippen molar-refractivity contribution in [1.29, 1.82) is 0 Å². The van der Waals surface area contributed by atoms with Crippen LogP contribution in [0.5, 0.6) is 0 Å². The smallest absolute Gasteiger partial charge is 0.0660 e. The standard InChI is InChI=1S/C46H42N2/c1-31-21-25-36(26-22-31)47(35-14-6-5-7-15-35)44-30-43-39-17-8-11-20-42(39)46(34(4)45(43)41-19-10-9-18-40(41)44)48(37-27-23-32(2)24-28-37)38-16-12-13-33(3)29-38/h5-28,30,33-34,46H,29H2,1-4H3. The fourth-order valence-corrected chi connectivity index (χ4v) is 7.98. The van der Waals surface area contributed by atoms with Gasteiger partial charge in [0, 0.05) is 34.1 Å². The molecule has 48 heavy (non-hydrogen) atoms. The van der Waals surface area contributed by atoms with Crippen LogP contribution in [0.3, 0.4) is 0 Å². The minimum absolute atomic E-state index is 0.137. The molecule has 2 heteroatoms. The van der Waals surface area contributed by atoms with Crippen molar-refractivity contribution >= 4 is 33.5 Å². The molecule has 8 rings (SSSR count). The third kappa shape index (κ3) is 5.22. The topological polar surface area (TPSA) is 6.48 Å². The maximum Gasteiger partial charge on any atom is 0.0660 e. The molecule has 0 bridgehead atoms. The van der Waals surface area contributed by atoms with E-state index in [1.807, 2.05) is 0 Å². The Balaban J connectivity index is 1.38. The molecule has 0 aliphatic heterocycles. The van der Waals surface area contributed by atoms with Gasteiger partial charge >= 0.3 is 0 Å². The van der Waals surface area contributed by atoms with Gasteiger partial charge in [0.05, 0.1) is 11.7 Å². The van der Waals surface area contributed by atoms with Crippen molar-refractivity contribution in [2.24, 2.45) is 5.92 Å². The highest BCUT2D eigenvalue weighted by molar-refractivity contribution is 6.05. The van der Waals surface area contributed by atoms with E-state index >= 15 is 0 Å². The van der Waals surface area contributed by atoms with E-state index in [4.69, 9.17) is 0 Å². The number of benzene rings is 6. The van der Waals surface area contributed by atoms with E-state index < -0.39 is 0 Å². The summed E-state index contributed by atoms with van der Waals surface area (Å²) in [7, 11) is 0. The van der Waals surface area contributed by atoms with Crippen molar-refractivity contribution in [2.45, 2.75) is 46.1 Å². The molecular formula is C46H42N2. The summed E-state index contributed by atoms with van der Waals surface area (Å²) in [6.07, 6.45) is 7.94. The summed E-state index contributed by atoms with van der Waals surface area (Å²) < 4.78 is 0. The summed E-state index contributed by atoms with van der Waals surface area (Å²) in [4.78, 5) is 5.08. The average molecular weight is 623 g/mol. The third-order valence-corrected chi connectivity index (χ3v) is 10.3.